The van der Waals surface area contributed by atoms with Gasteiger partial charge < -0.3 is 4.90 Å². The average Bonchev–Trinajstić information content (AvgIpc) is 2.74. The molecule has 3 atom stereocenters. The summed E-state index contributed by atoms with van der Waals surface area (Å²) in [5, 5.41) is 3.42. The minimum Gasteiger partial charge on any atom is -0.319 e. The Morgan fingerprint density at radius 2 is 1.95 bits per heavy atom. The summed E-state index contributed by atoms with van der Waals surface area (Å²) in [5.41, 5.74) is 1.18. The molecule has 1 aliphatic rings. The third-order valence-electron chi connectivity index (χ3n) is 3.91. The van der Waals surface area contributed by atoms with Gasteiger partial charge in [-0.1, -0.05) is 50.6 Å². The van der Waals surface area contributed by atoms with Crippen molar-refractivity contribution in [2.24, 2.45) is 0 Å². The van der Waals surface area contributed by atoms with E-state index < -0.39 is 0 Å². The molecule has 1 aromatic rings. The lowest BCUT2D eigenvalue weighted by Crippen LogP contribution is -2.39. The maximum absolute atomic E-state index is 12.4. The van der Waals surface area contributed by atoms with Gasteiger partial charge in [-0.3, -0.25) is 10.1 Å². The Hall–Kier alpha value is -1.35. The fourth-order valence-electron chi connectivity index (χ4n) is 2.90. The molecule has 0 aromatic heterocycles. The summed E-state index contributed by atoms with van der Waals surface area (Å²) < 4.78 is 0. The van der Waals surface area contributed by atoms with Crippen molar-refractivity contribution in [3.05, 3.63) is 35.9 Å². The van der Waals surface area contributed by atoms with Gasteiger partial charge in [-0.2, -0.15) is 0 Å². The normalized spacial score (nSPS) is 24.8. The van der Waals surface area contributed by atoms with Crippen molar-refractivity contribution >= 4 is 5.91 Å². The van der Waals surface area contributed by atoms with Crippen LogP contribution in [0.25, 0.3) is 0 Å². The Labute approximate surface area is 116 Å². The third-order valence-corrected chi connectivity index (χ3v) is 3.91. The zero-order chi connectivity index (χ0) is 13.8. The standard InChI is InChI=1S/C16H24N2O/c1-4-9-14(5-2)18-15(17-12(3)16(18)19)13-10-7-6-8-11-13/h6-8,10-12,14-15,17H,4-5,9H2,1-3H3. The molecule has 0 bridgehead atoms. The highest BCUT2D eigenvalue weighted by atomic mass is 16.2. The van der Waals surface area contributed by atoms with Gasteiger partial charge in [-0.15, -0.1) is 0 Å². The summed E-state index contributed by atoms with van der Waals surface area (Å²) in [6, 6.07) is 10.5. The second-order valence-corrected chi connectivity index (χ2v) is 5.30. The van der Waals surface area contributed by atoms with Gasteiger partial charge in [-0.25, -0.2) is 0 Å². The van der Waals surface area contributed by atoms with Gasteiger partial charge in [0.05, 0.1) is 6.04 Å². The monoisotopic (exact) mass is 260 g/mol. The molecular weight excluding hydrogens is 236 g/mol. The Morgan fingerprint density at radius 3 is 2.53 bits per heavy atom. The van der Waals surface area contributed by atoms with Crippen molar-refractivity contribution in [3.63, 3.8) is 0 Å². The Balaban J connectivity index is 2.28. The van der Waals surface area contributed by atoms with Crippen LogP contribution in [-0.2, 0) is 4.79 Å². The van der Waals surface area contributed by atoms with E-state index in [1.165, 1.54) is 5.56 Å². The summed E-state index contributed by atoms with van der Waals surface area (Å²) in [5.74, 6) is 0.231. The number of benzene rings is 1. The molecule has 3 heteroatoms. The number of amides is 1. The number of carbonyl (C=O) groups excluding carboxylic acids is 1. The van der Waals surface area contributed by atoms with Crippen molar-refractivity contribution in [2.75, 3.05) is 0 Å². The molecule has 3 unspecified atom stereocenters. The number of rotatable bonds is 5. The van der Waals surface area contributed by atoms with Crippen LogP contribution < -0.4 is 5.32 Å². The second-order valence-electron chi connectivity index (χ2n) is 5.30. The molecule has 19 heavy (non-hydrogen) atoms. The zero-order valence-corrected chi connectivity index (χ0v) is 12.1. The number of carbonyl (C=O) groups is 1. The molecule has 2 rings (SSSR count). The Bertz CT molecular complexity index is 418. The summed E-state index contributed by atoms with van der Waals surface area (Å²) in [6.45, 7) is 6.30. The number of hydrogen-bond donors (Lipinski definition) is 1. The van der Waals surface area contributed by atoms with Crippen molar-refractivity contribution in [1.82, 2.24) is 10.2 Å². The Morgan fingerprint density at radius 1 is 1.26 bits per heavy atom. The second kappa shape index (κ2) is 6.20. The van der Waals surface area contributed by atoms with E-state index in [2.05, 4.69) is 36.2 Å². The van der Waals surface area contributed by atoms with Crippen LogP contribution in [0.3, 0.4) is 0 Å². The van der Waals surface area contributed by atoms with Gasteiger partial charge in [-0.05, 0) is 25.3 Å². The molecule has 1 amide bonds. The average molecular weight is 260 g/mol. The molecular formula is C16H24N2O. The van der Waals surface area contributed by atoms with E-state index in [0.29, 0.717) is 6.04 Å². The highest BCUT2D eigenvalue weighted by molar-refractivity contribution is 5.84. The highest BCUT2D eigenvalue weighted by Gasteiger charge is 2.40. The first-order chi connectivity index (χ1) is 9.19. The molecule has 0 spiro atoms. The molecule has 0 aliphatic carbocycles. The van der Waals surface area contributed by atoms with Gasteiger partial charge in [0.25, 0.3) is 0 Å². The van der Waals surface area contributed by atoms with Crippen LogP contribution in [0.2, 0.25) is 0 Å². The third kappa shape index (κ3) is 2.81. The predicted molar refractivity (Wildman–Crippen MR) is 77.6 cm³/mol. The zero-order valence-electron chi connectivity index (χ0n) is 12.1. The van der Waals surface area contributed by atoms with Crippen LogP contribution in [0.1, 0.15) is 51.8 Å². The van der Waals surface area contributed by atoms with Gasteiger partial charge >= 0.3 is 0 Å². The molecule has 3 nitrogen and oxygen atoms in total. The molecule has 1 aliphatic heterocycles. The largest absolute Gasteiger partial charge is 0.319 e. The van der Waals surface area contributed by atoms with E-state index in [-0.39, 0.29) is 18.1 Å². The van der Waals surface area contributed by atoms with E-state index in [1.807, 2.05) is 25.1 Å². The van der Waals surface area contributed by atoms with E-state index in [4.69, 9.17) is 0 Å². The van der Waals surface area contributed by atoms with Crippen LogP contribution >= 0.6 is 0 Å². The van der Waals surface area contributed by atoms with Gasteiger partial charge in [0.1, 0.15) is 6.17 Å². The van der Waals surface area contributed by atoms with Gasteiger partial charge in [0, 0.05) is 6.04 Å². The molecule has 1 fully saturated rings. The molecule has 1 saturated heterocycles. The predicted octanol–water partition coefficient (Wildman–Crippen LogP) is 3.08. The van der Waals surface area contributed by atoms with E-state index >= 15 is 0 Å². The van der Waals surface area contributed by atoms with Crippen molar-refractivity contribution < 1.29 is 4.79 Å². The molecule has 1 heterocycles. The highest BCUT2D eigenvalue weighted by Crippen LogP contribution is 2.29. The number of hydrogen-bond acceptors (Lipinski definition) is 2. The first kappa shape index (κ1) is 14.1. The summed E-state index contributed by atoms with van der Waals surface area (Å²) >= 11 is 0. The first-order valence-corrected chi connectivity index (χ1v) is 7.32. The van der Waals surface area contributed by atoms with Crippen molar-refractivity contribution in [1.29, 1.82) is 0 Å². The molecule has 1 N–H and O–H groups in total. The number of nitrogens with zero attached hydrogens (tertiary/aromatic N) is 1. The lowest BCUT2D eigenvalue weighted by atomic mass is 10.0. The maximum atomic E-state index is 12.4. The van der Waals surface area contributed by atoms with Crippen molar-refractivity contribution in [2.45, 2.75) is 58.3 Å². The lowest BCUT2D eigenvalue weighted by Gasteiger charge is -2.32. The fourth-order valence-corrected chi connectivity index (χ4v) is 2.90. The fraction of sp³-hybridized carbons (Fsp3) is 0.562. The molecule has 0 saturated carbocycles. The quantitative estimate of drug-likeness (QED) is 0.882. The minimum absolute atomic E-state index is 0.0280. The molecule has 104 valence electrons. The van der Waals surface area contributed by atoms with Crippen molar-refractivity contribution in [3.8, 4) is 0 Å². The topological polar surface area (TPSA) is 32.3 Å². The summed E-state index contributed by atoms with van der Waals surface area (Å²) in [4.78, 5) is 14.5. The van der Waals surface area contributed by atoms with Gasteiger partial charge in [0.15, 0.2) is 0 Å². The SMILES string of the molecule is CCCC(CC)N1C(=O)C(C)NC1c1ccccc1. The summed E-state index contributed by atoms with van der Waals surface area (Å²) in [6.07, 6.45) is 3.22. The first-order valence-electron chi connectivity index (χ1n) is 7.32. The van der Waals surface area contributed by atoms with Crippen LogP contribution in [0, 0.1) is 0 Å². The molecule has 0 radical (unpaired) electrons. The van der Waals surface area contributed by atoms with Crippen LogP contribution in [-0.4, -0.2) is 22.9 Å². The van der Waals surface area contributed by atoms with E-state index in [9.17, 15) is 4.79 Å². The van der Waals surface area contributed by atoms with E-state index in [0.717, 1.165) is 19.3 Å². The maximum Gasteiger partial charge on any atom is 0.241 e. The molecule has 1 aromatic carbocycles. The van der Waals surface area contributed by atoms with E-state index in [1.54, 1.807) is 0 Å². The Kier molecular flexibility index (Phi) is 4.59. The van der Waals surface area contributed by atoms with Crippen LogP contribution in [0.5, 0.6) is 0 Å². The number of nitrogens with one attached hydrogen (secondary N) is 1. The van der Waals surface area contributed by atoms with Crippen LogP contribution in [0.4, 0.5) is 0 Å². The van der Waals surface area contributed by atoms with Crippen LogP contribution in [0.15, 0.2) is 30.3 Å². The summed E-state index contributed by atoms with van der Waals surface area (Å²) in [7, 11) is 0. The van der Waals surface area contributed by atoms with Gasteiger partial charge in [0.2, 0.25) is 5.91 Å². The smallest absolute Gasteiger partial charge is 0.241 e. The minimum atomic E-state index is -0.0869. The lowest BCUT2D eigenvalue weighted by molar-refractivity contribution is -0.132.